The monoisotopic (exact) mass is 403 g/mol. The van der Waals surface area contributed by atoms with Gasteiger partial charge in [-0.25, -0.2) is 4.79 Å². The topological polar surface area (TPSA) is 80.8 Å². The molecule has 0 amide bonds. The van der Waals surface area contributed by atoms with Crippen molar-refractivity contribution in [2.24, 2.45) is 0 Å². The zero-order valence-corrected chi connectivity index (χ0v) is 16.6. The van der Waals surface area contributed by atoms with E-state index >= 15 is 0 Å². The highest BCUT2D eigenvalue weighted by Gasteiger charge is 2.20. The molecule has 0 radical (unpaired) electrons. The third-order valence-electron chi connectivity index (χ3n) is 4.87. The number of carboxylic acids is 1. The standard InChI is InChI=1S/C24H21NO5/c1-28-18-12-19(24(26)27)23(22(13-18)29-2)21-11-16-10-17(8-9-20(16)25-21)30-14-15-6-4-3-5-7-15/h3-13,25H,14H2,1-2H3,(H,26,27). The Bertz CT molecular complexity index is 1200. The molecule has 0 atom stereocenters. The van der Waals surface area contributed by atoms with Gasteiger partial charge in [-0.05, 0) is 35.9 Å². The molecule has 4 rings (SSSR count). The fraction of sp³-hybridized carbons (Fsp3) is 0.125. The van der Waals surface area contributed by atoms with E-state index in [0.717, 1.165) is 22.2 Å². The highest BCUT2D eigenvalue weighted by molar-refractivity contribution is 6.00. The Morgan fingerprint density at radius 3 is 2.43 bits per heavy atom. The predicted molar refractivity (Wildman–Crippen MR) is 115 cm³/mol. The summed E-state index contributed by atoms with van der Waals surface area (Å²) < 4.78 is 16.6. The third kappa shape index (κ3) is 3.80. The highest BCUT2D eigenvalue weighted by atomic mass is 16.5. The number of carbonyl (C=O) groups is 1. The lowest BCUT2D eigenvalue weighted by molar-refractivity contribution is 0.0697. The van der Waals surface area contributed by atoms with Crippen molar-refractivity contribution in [3.05, 3.63) is 77.9 Å². The minimum Gasteiger partial charge on any atom is -0.497 e. The molecule has 30 heavy (non-hydrogen) atoms. The number of fused-ring (bicyclic) bond motifs is 1. The van der Waals surface area contributed by atoms with Crippen LogP contribution >= 0.6 is 0 Å². The van der Waals surface area contributed by atoms with Gasteiger partial charge in [0, 0.05) is 17.0 Å². The summed E-state index contributed by atoms with van der Waals surface area (Å²) in [4.78, 5) is 15.2. The second-order valence-corrected chi connectivity index (χ2v) is 6.76. The Morgan fingerprint density at radius 1 is 0.933 bits per heavy atom. The molecule has 3 aromatic carbocycles. The van der Waals surface area contributed by atoms with Gasteiger partial charge in [-0.15, -0.1) is 0 Å². The van der Waals surface area contributed by atoms with Gasteiger partial charge < -0.3 is 24.3 Å². The molecule has 1 aromatic heterocycles. The number of aromatic amines is 1. The number of aromatic nitrogens is 1. The second-order valence-electron chi connectivity index (χ2n) is 6.76. The quantitative estimate of drug-likeness (QED) is 0.447. The van der Waals surface area contributed by atoms with E-state index < -0.39 is 5.97 Å². The number of ether oxygens (including phenoxy) is 3. The Kier molecular flexibility index (Phi) is 5.30. The van der Waals surface area contributed by atoms with Gasteiger partial charge >= 0.3 is 5.97 Å². The van der Waals surface area contributed by atoms with Crippen LogP contribution in [0.25, 0.3) is 22.2 Å². The number of rotatable bonds is 7. The van der Waals surface area contributed by atoms with Gasteiger partial charge in [-0.1, -0.05) is 30.3 Å². The lowest BCUT2D eigenvalue weighted by atomic mass is 10.0. The Labute approximate surface area is 173 Å². The Balaban J connectivity index is 1.71. The molecule has 4 aromatic rings. The maximum Gasteiger partial charge on any atom is 0.336 e. The van der Waals surface area contributed by atoms with Crippen molar-refractivity contribution in [1.82, 2.24) is 4.98 Å². The van der Waals surface area contributed by atoms with Crippen LogP contribution in [0.3, 0.4) is 0 Å². The van der Waals surface area contributed by atoms with Crippen molar-refractivity contribution in [3.8, 4) is 28.5 Å². The van der Waals surface area contributed by atoms with Crippen LogP contribution in [-0.2, 0) is 6.61 Å². The first-order valence-electron chi connectivity index (χ1n) is 9.38. The van der Waals surface area contributed by atoms with Gasteiger partial charge in [0.25, 0.3) is 0 Å². The molecule has 0 saturated carbocycles. The zero-order chi connectivity index (χ0) is 21.1. The molecule has 0 aliphatic rings. The summed E-state index contributed by atoms with van der Waals surface area (Å²) in [6.45, 7) is 0.471. The number of hydrogen-bond acceptors (Lipinski definition) is 4. The number of hydrogen-bond donors (Lipinski definition) is 2. The van der Waals surface area contributed by atoms with Crippen molar-refractivity contribution in [1.29, 1.82) is 0 Å². The first-order chi connectivity index (χ1) is 14.6. The smallest absolute Gasteiger partial charge is 0.336 e. The second kappa shape index (κ2) is 8.21. The molecule has 0 aliphatic heterocycles. The van der Waals surface area contributed by atoms with Crippen LogP contribution in [0.15, 0.2) is 66.7 Å². The first kappa shape index (κ1) is 19.4. The van der Waals surface area contributed by atoms with Crippen LogP contribution in [0.5, 0.6) is 17.2 Å². The molecule has 0 fully saturated rings. The maximum absolute atomic E-state index is 11.9. The normalized spacial score (nSPS) is 10.7. The molecule has 1 heterocycles. The van der Waals surface area contributed by atoms with E-state index in [9.17, 15) is 9.90 Å². The van der Waals surface area contributed by atoms with Crippen molar-refractivity contribution in [2.45, 2.75) is 6.61 Å². The van der Waals surface area contributed by atoms with Crippen molar-refractivity contribution < 1.29 is 24.1 Å². The fourth-order valence-corrected chi connectivity index (χ4v) is 3.39. The molecule has 0 unspecified atom stereocenters. The number of methoxy groups -OCH3 is 2. The molecule has 0 bridgehead atoms. The van der Waals surface area contributed by atoms with E-state index in [1.54, 1.807) is 6.07 Å². The fourth-order valence-electron chi connectivity index (χ4n) is 3.39. The first-order valence-corrected chi connectivity index (χ1v) is 9.38. The molecule has 0 spiro atoms. The Hall–Kier alpha value is -3.93. The van der Waals surface area contributed by atoms with Gasteiger partial charge in [0.2, 0.25) is 0 Å². The van der Waals surface area contributed by atoms with E-state index in [1.807, 2.05) is 54.6 Å². The largest absolute Gasteiger partial charge is 0.497 e. The molecule has 0 aliphatic carbocycles. The minimum absolute atomic E-state index is 0.0957. The molecule has 6 nitrogen and oxygen atoms in total. The molecule has 0 saturated heterocycles. The number of H-pyrrole nitrogens is 1. The SMILES string of the molecule is COc1cc(OC)c(-c2cc3cc(OCc4ccccc4)ccc3[nH]2)c(C(=O)O)c1. The highest BCUT2D eigenvalue weighted by Crippen LogP contribution is 2.38. The van der Waals surface area contributed by atoms with Crippen LogP contribution in [0.2, 0.25) is 0 Å². The van der Waals surface area contributed by atoms with Gasteiger partial charge in [0.15, 0.2) is 0 Å². The summed E-state index contributed by atoms with van der Waals surface area (Å²) in [6, 6.07) is 20.7. The van der Waals surface area contributed by atoms with Crippen molar-refractivity contribution in [2.75, 3.05) is 14.2 Å². The number of aromatic carboxylic acids is 1. The summed E-state index contributed by atoms with van der Waals surface area (Å²) in [5.41, 5.74) is 3.15. The minimum atomic E-state index is -1.06. The third-order valence-corrected chi connectivity index (χ3v) is 4.87. The molecular weight excluding hydrogens is 382 g/mol. The summed E-state index contributed by atoms with van der Waals surface area (Å²) >= 11 is 0. The van der Waals surface area contributed by atoms with E-state index in [4.69, 9.17) is 14.2 Å². The van der Waals surface area contributed by atoms with Crippen molar-refractivity contribution in [3.63, 3.8) is 0 Å². The molecular formula is C24H21NO5. The summed E-state index contributed by atoms with van der Waals surface area (Å²) in [6.07, 6.45) is 0. The van der Waals surface area contributed by atoms with Crippen LogP contribution in [0.1, 0.15) is 15.9 Å². The Morgan fingerprint density at radius 2 is 1.73 bits per heavy atom. The van der Waals surface area contributed by atoms with Gasteiger partial charge in [-0.3, -0.25) is 0 Å². The van der Waals surface area contributed by atoms with E-state index in [0.29, 0.717) is 29.4 Å². The molecule has 152 valence electrons. The summed E-state index contributed by atoms with van der Waals surface area (Å²) in [5, 5.41) is 10.6. The van der Waals surface area contributed by atoms with Crippen LogP contribution in [-0.4, -0.2) is 30.3 Å². The van der Waals surface area contributed by atoms with Gasteiger partial charge in [0.1, 0.15) is 23.9 Å². The van der Waals surface area contributed by atoms with Gasteiger partial charge in [0.05, 0.1) is 31.0 Å². The molecule has 2 N–H and O–H groups in total. The lowest BCUT2D eigenvalue weighted by Gasteiger charge is -2.12. The van der Waals surface area contributed by atoms with E-state index in [1.165, 1.54) is 20.3 Å². The average Bonchev–Trinajstić information content (AvgIpc) is 3.20. The number of carboxylic acid groups (broad SMARTS) is 1. The van der Waals surface area contributed by atoms with Crippen molar-refractivity contribution >= 4 is 16.9 Å². The predicted octanol–water partition coefficient (Wildman–Crippen LogP) is 5.13. The summed E-state index contributed by atoms with van der Waals surface area (Å²) in [7, 11) is 2.99. The summed E-state index contributed by atoms with van der Waals surface area (Å²) in [5.74, 6) is 0.504. The van der Waals surface area contributed by atoms with E-state index in [-0.39, 0.29) is 5.56 Å². The molecule has 6 heteroatoms. The number of benzene rings is 3. The maximum atomic E-state index is 11.9. The average molecular weight is 403 g/mol. The van der Waals surface area contributed by atoms with Crippen LogP contribution < -0.4 is 14.2 Å². The zero-order valence-electron chi connectivity index (χ0n) is 16.6. The van der Waals surface area contributed by atoms with E-state index in [2.05, 4.69) is 4.98 Å². The van der Waals surface area contributed by atoms with Crippen LogP contribution in [0.4, 0.5) is 0 Å². The van der Waals surface area contributed by atoms with Gasteiger partial charge in [-0.2, -0.15) is 0 Å². The lowest BCUT2D eigenvalue weighted by Crippen LogP contribution is -2.03. The van der Waals surface area contributed by atoms with Crippen LogP contribution in [0, 0.1) is 0 Å². The number of nitrogens with one attached hydrogen (secondary N) is 1.